The van der Waals surface area contributed by atoms with Gasteiger partial charge >= 0.3 is 5.97 Å². The molecule has 0 saturated heterocycles. The quantitative estimate of drug-likeness (QED) is 0.677. The highest BCUT2D eigenvalue weighted by molar-refractivity contribution is 5.97. The van der Waals surface area contributed by atoms with Crippen molar-refractivity contribution in [2.75, 3.05) is 0 Å². The Morgan fingerprint density at radius 3 is 2.40 bits per heavy atom. The molecule has 3 nitrogen and oxygen atoms in total. The van der Waals surface area contributed by atoms with Crippen molar-refractivity contribution >= 4 is 17.6 Å². The molecule has 0 aliphatic heterocycles. The SMILES string of the molecule is Cc1ccc(C(C#N)=Cc2ccccc2C(=O)O)cc1. The van der Waals surface area contributed by atoms with Crippen molar-refractivity contribution in [1.82, 2.24) is 0 Å². The number of aryl methyl sites for hydroxylation is 1. The van der Waals surface area contributed by atoms with E-state index in [0.29, 0.717) is 11.1 Å². The highest BCUT2D eigenvalue weighted by atomic mass is 16.4. The van der Waals surface area contributed by atoms with E-state index >= 15 is 0 Å². The summed E-state index contributed by atoms with van der Waals surface area (Å²) < 4.78 is 0. The second kappa shape index (κ2) is 5.85. The fourth-order valence-electron chi connectivity index (χ4n) is 1.89. The summed E-state index contributed by atoms with van der Waals surface area (Å²) in [4.78, 5) is 11.2. The molecule has 0 fully saturated rings. The Balaban J connectivity index is 2.50. The van der Waals surface area contributed by atoms with Crippen molar-refractivity contribution in [3.05, 3.63) is 70.8 Å². The van der Waals surface area contributed by atoms with Crippen LogP contribution in [0.1, 0.15) is 27.0 Å². The van der Waals surface area contributed by atoms with Gasteiger partial charge in [0, 0.05) is 0 Å². The van der Waals surface area contributed by atoms with Gasteiger partial charge in [-0.25, -0.2) is 4.79 Å². The van der Waals surface area contributed by atoms with Crippen LogP contribution >= 0.6 is 0 Å². The van der Waals surface area contributed by atoms with Crippen molar-refractivity contribution in [1.29, 1.82) is 5.26 Å². The molecule has 0 bridgehead atoms. The Morgan fingerprint density at radius 1 is 1.15 bits per heavy atom. The Morgan fingerprint density at radius 2 is 1.80 bits per heavy atom. The Hall–Kier alpha value is -2.86. The van der Waals surface area contributed by atoms with Gasteiger partial charge in [-0.3, -0.25) is 0 Å². The lowest BCUT2D eigenvalue weighted by atomic mass is 10.00. The molecule has 0 unspecified atom stereocenters. The number of carboxylic acid groups (broad SMARTS) is 1. The van der Waals surface area contributed by atoms with E-state index in [9.17, 15) is 10.1 Å². The van der Waals surface area contributed by atoms with Crippen molar-refractivity contribution < 1.29 is 9.90 Å². The minimum atomic E-state index is -1.00. The fourth-order valence-corrected chi connectivity index (χ4v) is 1.89. The van der Waals surface area contributed by atoms with E-state index in [1.54, 1.807) is 24.3 Å². The van der Waals surface area contributed by atoms with Crippen LogP contribution < -0.4 is 0 Å². The molecule has 2 aromatic rings. The number of allylic oxidation sites excluding steroid dienone is 1. The number of aromatic carboxylic acids is 1. The standard InChI is InChI=1S/C17H13NO2/c1-12-6-8-13(9-7-12)15(11-18)10-14-4-2-3-5-16(14)17(19)20/h2-10H,1H3,(H,19,20). The average Bonchev–Trinajstić information content (AvgIpc) is 2.46. The molecule has 0 aromatic heterocycles. The first-order valence-electron chi connectivity index (χ1n) is 6.13. The molecule has 0 aliphatic carbocycles. The number of benzene rings is 2. The van der Waals surface area contributed by atoms with Gasteiger partial charge in [0.2, 0.25) is 0 Å². The molecule has 1 N–H and O–H groups in total. The van der Waals surface area contributed by atoms with Crippen molar-refractivity contribution in [3.8, 4) is 6.07 Å². The number of nitriles is 1. The topological polar surface area (TPSA) is 61.1 Å². The van der Waals surface area contributed by atoms with Crippen LogP contribution in [0.3, 0.4) is 0 Å². The molecule has 0 atom stereocenters. The van der Waals surface area contributed by atoms with E-state index < -0.39 is 5.97 Å². The second-order valence-electron chi connectivity index (χ2n) is 4.43. The normalized spacial score (nSPS) is 10.9. The monoisotopic (exact) mass is 263 g/mol. The van der Waals surface area contributed by atoms with Gasteiger partial charge in [0.1, 0.15) is 0 Å². The first kappa shape index (κ1) is 13.6. The van der Waals surface area contributed by atoms with Crippen LogP contribution in [-0.2, 0) is 0 Å². The average molecular weight is 263 g/mol. The number of hydrogen-bond donors (Lipinski definition) is 1. The van der Waals surface area contributed by atoms with Gasteiger partial charge in [-0.15, -0.1) is 0 Å². The van der Waals surface area contributed by atoms with E-state index in [-0.39, 0.29) is 5.56 Å². The Labute approximate surface area is 117 Å². The van der Waals surface area contributed by atoms with E-state index in [1.807, 2.05) is 31.2 Å². The van der Waals surface area contributed by atoms with Gasteiger partial charge in [0.25, 0.3) is 0 Å². The van der Waals surface area contributed by atoms with Gasteiger partial charge in [-0.2, -0.15) is 5.26 Å². The van der Waals surface area contributed by atoms with Crippen LogP contribution in [0.15, 0.2) is 48.5 Å². The van der Waals surface area contributed by atoms with Crippen molar-refractivity contribution in [2.24, 2.45) is 0 Å². The summed E-state index contributed by atoms with van der Waals surface area (Å²) in [7, 11) is 0. The lowest BCUT2D eigenvalue weighted by Crippen LogP contribution is -1.99. The molecule has 0 amide bonds. The number of hydrogen-bond acceptors (Lipinski definition) is 2. The van der Waals surface area contributed by atoms with Crippen LogP contribution in [0, 0.1) is 18.3 Å². The van der Waals surface area contributed by atoms with Crippen molar-refractivity contribution in [2.45, 2.75) is 6.92 Å². The van der Waals surface area contributed by atoms with Gasteiger partial charge in [0.15, 0.2) is 0 Å². The van der Waals surface area contributed by atoms with Crippen LogP contribution in [0.25, 0.3) is 11.6 Å². The lowest BCUT2D eigenvalue weighted by molar-refractivity contribution is 0.0696. The summed E-state index contributed by atoms with van der Waals surface area (Å²) in [6.45, 7) is 1.97. The summed E-state index contributed by atoms with van der Waals surface area (Å²) in [5.41, 5.74) is 3.04. The van der Waals surface area contributed by atoms with Gasteiger partial charge in [-0.05, 0) is 30.2 Å². The summed E-state index contributed by atoms with van der Waals surface area (Å²) in [6, 6.07) is 16.3. The Kier molecular flexibility index (Phi) is 3.97. The highest BCUT2D eigenvalue weighted by Gasteiger charge is 2.08. The first-order valence-corrected chi connectivity index (χ1v) is 6.13. The third-order valence-electron chi connectivity index (χ3n) is 2.97. The molecule has 20 heavy (non-hydrogen) atoms. The molecule has 3 heteroatoms. The maximum atomic E-state index is 11.2. The molecule has 0 heterocycles. The lowest BCUT2D eigenvalue weighted by Gasteiger charge is -2.03. The molecule has 98 valence electrons. The summed E-state index contributed by atoms with van der Waals surface area (Å²) in [5, 5.41) is 18.4. The molecule has 0 aliphatic rings. The maximum absolute atomic E-state index is 11.2. The molecule has 0 radical (unpaired) electrons. The summed E-state index contributed by atoms with van der Waals surface area (Å²) in [6.07, 6.45) is 1.61. The summed E-state index contributed by atoms with van der Waals surface area (Å²) in [5.74, 6) is -1.00. The number of nitrogens with zero attached hydrogens (tertiary/aromatic N) is 1. The van der Waals surface area contributed by atoms with E-state index in [2.05, 4.69) is 6.07 Å². The third kappa shape index (κ3) is 2.93. The van der Waals surface area contributed by atoms with Crippen LogP contribution in [0.5, 0.6) is 0 Å². The van der Waals surface area contributed by atoms with Crippen molar-refractivity contribution in [3.63, 3.8) is 0 Å². The highest BCUT2D eigenvalue weighted by Crippen LogP contribution is 2.20. The first-order chi connectivity index (χ1) is 9.61. The zero-order chi connectivity index (χ0) is 14.5. The smallest absolute Gasteiger partial charge is 0.336 e. The molecular formula is C17H13NO2. The minimum absolute atomic E-state index is 0.187. The molecular weight excluding hydrogens is 250 g/mol. The van der Waals surface area contributed by atoms with Crippen LogP contribution in [-0.4, -0.2) is 11.1 Å². The van der Waals surface area contributed by atoms with Gasteiger partial charge in [-0.1, -0.05) is 48.0 Å². The maximum Gasteiger partial charge on any atom is 0.336 e. The summed E-state index contributed by atoms with van der Waals surface area (Å²) >= 11 is 0. The number of rotatable bonds is 3. The van der Waals surface area contributed by atoms with Gasteiger partial charge in [0.05, 0.1) is 17.2 Å². The molecule has 2 aromatic carbocycles. The second-order valence-corrected chi connectivity index (χ2v) is 4.43. The molecule has 0 spiro atoms. The van der Waals surface area contributed by atoms with Crippen LogP contribution in [0.4, 0.5) is 0 Å². The minimum Gasteiger partial charge on any atom is -0.478 e. The predicted molar refractivity (Wildman–Crippen MR) is 78.1 cm³/mol. The molecule has 0 saturated carbocycles. The zero-order valence-corrected chi connectivity index (χ0v) is 11.0. The molecule has 2 rings (SSSR count). The number of carboxylic acids is 1. The van der Waals surface area contributed by atoms with E-state index in [4.69, 9.17) is 5.11 Å². The largest absolute Gasteiger partial charge is 0.478 e. The predicted octanol–water partition coefficient (Wildman–Crippen LogP) is 3.76. The van der Waals surface area contributed by atoms with E-state index in [0.717, 1.165) is 11.1 Å². The zero-order valence-electron chi connectivity index (χ0n) is 11.0. The van der Waals surface area contributed by atoms with E-state index in [1.165, 1.54) is 6.07 Å². The van der Waals surface area contributed by atoms with Crippen LogP contribution in [0.2, 0.25) is 0 Å². The number of carbonyl (C=O) groups is 1. The van der Waals surface area contributed by atoms with Gasteiger partial charge < -0.3 is 5.11 Å². The fraction of sp³-hybridized carbons (Fsp3) is 0.0588. The Bertz CT molecular complexity index is 707. The third-order valence-corrected chi connectivity index (χ3v) is 2.97.